The summed E-state index contributed by atoms with van der Waals surface area (Å²) in [4.78, 5) is 22.5. The molecular weight excluding hydrogens is 340 g/mol. The van der Waals surface area contributed by atoms with Crippen molar-refractivity contribution in [2.75, 3.05) is 6.61 Å². The van der Waals surface area contributed by atoms with Gasteiger partial charge in [0.15, 0.2) is 0 Å². The Morgan fingerprint density at radius 3 is 2.86 bits per heavy atom. The number of esters is 1. The quantitative estimate of drug-likeness (QED) is 0.469. The Labute approximate surface area is 129 Å². The van der Waals surface area contributed by atoms with E-state index in [-0.39, 0.29) is 18.8 Å². The second-order valence-corrected chi connectivity index (χ2v) is 5.19. The highest BCUT2D eigenvalue weighted by molar-refractivity contribution is 9.10. The Morgan fingerprint density at radius 2 is 2.19 bits per heavy atom. The lowest BCUT2D eigenvalue weighted by Crippen LogP contribution is -2.13. The lowest BCUT2D eigenvalue weighted by molar-refractivity contribution is -0.385. The normalized spacial score (nSPS) is 10.4. The second-order valence-electron chi connectivity index (χ2n) is 4.27. The van der Waals surface area contributed by atoms with Gasteiger partial charge in [0.05, 0.1) is 18.1 Å². The number of rotatable bonds is 5. The van der Waals surface area contributed by atoms with Crippen LogP contribution in [0.25, 0.3) is 0 Å². The van der Waals surface area contributed by atoms with Gasteiger partial charge >= 0.3 is 5.97 Å². The number of halogens is 1. The van der Waals surface area contributed by atoms with E-state index in [0.717, 1.165) is 0 Å². The highest BCUT2D eigenvalue weighted by Crippen LogP contribution is 2.24. The number of nitrogens with zero attached hydrogens (tertiary/aromatic N) is 2. The fourth-order valence-corrected chi connectivity index (χ4v) is 2.32. The summed E-state index contributed by atoms with van der Waals surface area (Å²) >= 11 is 3.22. The first-order valence-electron chi connectivity index (χ1n) is 6.28. The van der Waals surface area contributed by atoms with E-state index >= 15 is 0 Å². The van der Waals surface area contributed by atoms with Gasteiger partial charge in [-0.05, 0) is 31.2 Å². The van der Waals surface area contributed by atoms with Gasteiger partial charge in [-0.2, -0.15) is 0 Å². The Morgan fingerprint density at radius 1 is 1.43 bits per heavy atom. The summed E-state index contributed by atoms with van der Waals surface area (Å²) in [6.07, 6.45) is 1.69. The Bertz CT molecular complexity index is 681. The molecule has 6 nitrogen and oxygen atoms in total. The summed E-state index contributed by atoms with van der Waals surface area (Å²) in [5, 5.41) is 11.1. The van der Waals surface area contributed by atoms with Crippen LogP contribution in [0.2, 0.25) is 0 Å². The fraction of sp³-hybridized carbons (Fsp3) is 0.214. The molecule has 1 aromatic carbocycles. The monoisotopic (exact) mass is 352 g/mol. The molecule has 1 aromatic heterocycles. The molecule has 0 aliphatic carbocycles. The van der Waals surface area contributed by atoms with Crippen molar-refractivity contribution < 1.29 is 14.5 Å². The van der Waals surface area contributed by atoms with Gasteiger partial charge < -0.3 is 9.30 Å². The van der Waals surface area contributed by atoms with Crippen molar-refractivity contribution in [3.63, 3.8) is 0 Å². The van der Waals surface area contributed by atoms with E-state index in [9.17, 15) is 14.9 Å². The smallest absolute Gasteiger partial charge is 0.354 e. The van der Waals surface area contributed by atoms with Crippen molar-refractivity contribution in [2.45, 2.75) is 13.5 Å². The fourth-order valence-electron chi connectivity index (χ4n) is 1.97. The van der Waals surface area contributed by atoms with E-state index in [0.29, 0.717) is 15.7 Å². The number of hydrogen-bond donors (Lipinski definition) is 0. The van der Waals surface area contributed by atoms with Gasteiger partial charge in [0, 0.05) is 22.3 Å². The van der Waals surface area contributed by atoms with E-state index in [4.69, 9.17) is 4.74 Å². The van der Waals surface area contributed by atoms with Crippen LogP contribution in [0.5, 0.6) is 0 Å². The summed E-state index contributed by atoms with van der Waals surface area (Å²) < 4.78 is 7.23. The number of hydrogen-bond acceptors (Lipinski definition) is 4. The summed E-state index contributed by atoms with van der Waals surface area (Å²) in [7, 11) is 0. The van der Waals surface area contributed by atoms with Crippen LogP contribution in [0.15, 0.2) is 41.0 Å². The molecule has 1 heterocycles. The van der Waals surface area contributed by atoms with Gasteiger partial charge in [-0.15, -0.1) is 0 Å². The number of carbonyl (C=O) groups excluding carboxylic acids is 1. The van der Waals surface area contributed by atoms with Crippen LogP contribution in [-0.2, 0) is 11.3 Å². The van der Waals surface area contributed by atoms with Gasteiger partial charge in [0.1, 0.15) is 5.69 Å². The molecule has 2 aromatic rings. The molecule has 0 aliphatic rings. The lowest BCUT2D eigenvalue weighted by Gasteiger charge is -2.09. The molecule has 110 valence electrons. The maximum absolute atomic E-state index is 11.8. The molecule has 0 unspecified atom stereocenters. The molecule has 2 rings (SSSR count). The zero-order chi connectivity index (χ0) is 15.4. The summed E-state index contributed by atoms with van der Waals surface area (Å²) in [6, 6.07) is 8.18. The number of aromatic nitrogens is 1. The maximum Gasteiger partial charge on any atom is 0.354 e. The molecule has 0 N–H and O–H groups in total. The minimum atomic E-state index is -0.442. The molecular formula is C14H13BrN2O4. The maximum atomic E-state index is 11.8. The molecule has 0 saturated carbocycles. The van der Waals surface area contributed by atoms with Gasteiger partial charge in [0.2, 0.25) is 0 Å². The number of ether oxygens (including phenoxy) is 1. The molecule has 0 spiro atoms. The van der Waals surface area contributed by atoms with E-state index in [1.54, 1.807) is 42.0 Å². The SMILES string of the molecule is CCOC(=O)c1cccn1Cc1ccc(Br)cc1[N+](=O)[O-]. The molecule has 0 amide bonds. The van der Waals surface area contributed by atoms with Crippen LogP contribution in [0.4, 0.5) is 5.69 Å². The van der Waals surface area contributed by atoms with Gasteiger partial charge in [-0.25, -0.2) is 4.79 Å². The van der Waals surface area contributed by atoms with Gasteiger partial charge in [0.25, 0.3) is 5.69 Å². The summed E-state index contributed by atoms with van der Waals surface area (Å²) in [5.41, 5.74) is 0.895. The molecule has 0 aliphatic heterocycles. The topological polar surface area (TPSA) is 74.4 Å². The van der Waals surface area contributed by atoms with Gasteiger partial charge in [-0.3, -0.25) is 10.1 Å². The zero-order valence-electron chi connectivity index (χ0n) is 11.3. The summed E-state index contributed by atoms with van der Waals surface area (Å²) in [6.45, 7) is 2.23. The highest BCUT2D eigenvalue weighted by Gasteiger charge is 2.17. The van der Waals surface area contributed by atoms with E-state index in [1.165, 1.54) is 6.07 Å². The standard InChI is InChI=1S/C14H13BrN2O4/c1-2-21-14(18)12-4-3-7-16(12)9-10-5-6-11(15)8-13(10)17(19)20/h3-8H,2,9H2,1H3. The predicted octanol–water partition coefficient (Wildman–Crippen LogP) is 3.38. The summed E-state index contributed by atoms with van der Waals surface area (Å²) in [5.74, 6) is -0.442. The first-order valence-corrected chi connectivity index (χ1v) is 7.07. The van der Waals surface area contributed by atoms with E-state index in [1.807, 2.05) is 0 Å². The van der Waals surface area contributed by atoms with Crippen molar-refractivity contribution in [3.05, 3.63) is 62.4 Å². The number of carbonyl (C=O) groups is 1. The van der Waals surface area contributed by atoms with Crippen molar-refractivity contribution in [3.8, 4) is 0 Å². The molecule has 0 radical (unpaired) electrons. The molecule has 7 heteroatoms. The van der Waals surface area contributed by atoms with Gasteiger partial charge in [-0.1, -0.05) is 15.9 Å². The first kappa shape index (κ1) is 15.2. The Kier molecular flexibility index (Phi) is 4.74. The van der Waals surface area contributed by atoms with Crippen molar-refractivity contribution >= 4 is 27.6 Å². The minimum Gasteiger partial charge on any atom is -0.461 e. The van der Waals surface area contributed by atoms with Crippen molar-refractivity contribution in [2.24, 2.45) is 0 Å². The van der Waals surface area contributed by atoms with Crippen LogP contribution >= 0.6 is 15.9 Å². The van der Waals surface area contributed by atoms with E-state index < -0.39 is 10.9 Å². The molecule has 0 bridgehead atoms. The third kappa shape index (κ3) is 3.49. The molecule has 0 fully saturated rings. The largest absolute Gasteiger partial charge is 0.461 e. The number of nitro groups is 1. The van der Waals surface area contributed by atoms with Crippen LogP contribution in [0, 0.1) is 10.1 Å². The van der Waals surface area contributed by atoms with Crippen LogP contribution in [-0.4, -0.2) is 22.1 Å². The predicted molar refractivity (Wildman–Crippen MR) is 80.3 cm³/mol. The Hall–Kier alpha value is -2.15. The average Bonchev–Trinajstić information content (AvgIpc) is 2.89. The number of nitro benzene ring substituents is 1. The van der Waals surface area contributed by atoms with Crippen LogP contribution < -0.4 is 0 Å². The minimum absolute atomic E-state index is 0.00730. The number of benzene rings is 1. The lowest BCUT2D eigenvalue weighted by atomic mass is 10.2. The molecule has 21 heavy (non-hydrogen) atoms. The van der Waals surface area contributed by atoms with E-state index in [2.05, 4.69) is 15.9 Å². The third-order valence-electron chi connectivity index (χ3n) is 2.90. The zero-order valence-corrected chi connectivity index (χ0v) is 12.9. The first-order chi connectivity index (χ1) is 10.0. The molecule has 0 atom stereocenters. The second kappa shape index (κ2) is 6.53. The van der Waals surface area contributed by atoms with Crippen molar-refractivity contribution in [1.29, 1.82) is 0 Å². The third-order valence-corrected chi connectivity index (χ3v) is 3.39. The Balaban J connectivity index is 2.33. The van der Waals surface area contributed by atoms with Crippen LogP contribution in [0.1, 0.15) is 23.0 Å². The highest BCUT2D eigenvalue weighted by atomic mass is 79.9. The van der Waals surface area contributed by atoms with Crippen molar-refractivity contribution in [1.82, 2.24) is 4.57 Å². The van der Waals surface area contributed by atoms with Crippen LogP contribution in [0.3, 0.4) is 0 Å². The average molecular weight is 353 g/mol. The molecule has 0 saturated heterocycles.